The molecule has 10 nitrogen and oxygen atoms in total. The van der Waals surface area contributed by atoms with Crippen LogP contribution in [0.15, 0.2) is 75.1 Å². The molecule has 0 spiro atoms. The molecular formula is C25H22BrN5O5. The SMILES string of the molecule is CC(=O)CC(=O)Nc1ccc2c(c1)=NC(=O)N=2.COc1cc(NC(=O)c2ccc(Br)cc2)ccc1N. The standard InChI is InChI=1S/C14H13BrN2O2.C11H9N3O3/c1-19-13-8-11(6-7-12(13)16)17-14(18)9-2-4-10(15)5-3-9;1-6(15)4-10(16)12-7-2-3-8-9(5-7)14-11(17)13-8/h2-8H,16H2,1H3,(H,17,18);2-3,5H,4H2,1H3,(H,12,16). The van der Waals surface area contributed by atoms with Gasteiger partial charge in [-0.15, -0.1) is 0 Å². The zero-order valence-corrected chi connectivity index (χ0v) is 21.0. The highest BCUT2D eigenvalue weighted by atomic mass is 79.9. The Bertz CT molecular complexity index is 1450. The van der Waals surface area contributed by atoms with E-state index >= 15 is 0 Å². The normalized spacial score (nSPS) is 11.1. The number of ketones is 1. The summed E-state index contributed by atoms with van der Waals surface area (Å²) >= 11 is 3.33. The molecule has 1 heterocycles. The van der Waals surface area contributed by atoms with E-state index < -0.39 is 11.9 Å². The Hall–Kier alpha value is -4.38. The Morgan fingerprint density at radius 2 is 1.56 bits per heavy atom. The van der Waals surface area contributed by atoms with E-state index in [1.54, 1.807) is 48.5 Å². The molecule has 0 saturated heterocycles. The number of methoxy groups -OCH3 is 1. The zero-order chi connectivity index (χ0) is 26.2. The minimum Gasteiger partial charge on any atom is -0.495 e. The highest BCUT2D eigenvalue weighted by Crippen LogP contribution is 2.25. The first-order chi connectivity index (χ1) is 17.1. The number of halogens is 1. The third-order valence-electron chi connectivity index (χ3n) is 4.70. The molecule has 3 aromatic rings. The fraction of sp³-hybridized carbons (Fsp3) is 0.120. The predicted octanol–water partition coefficient (Wildman–Crippen LogP) is 3.27. The number of nitrogens with one attached hydrogen (secondary N) is 2. The molecule has 184 valence electrons. The van der Waals surface area contributed by atoms with Crippen molar-refractivity contribution >= 4 is 56.6 Å². The third-order valence-corrected chi connectivity index (χ3v) is 5.23. The lowest BCUT2D eigenvalue weighted by atomic mass is 10.2. The van der Waals surface area contributed by atoms with Crippen molar-refractivity contribution in [2.75, 3.05) is 23.5 Å². The number of ether oxygens (including phenoxy) is 1. The number of carbonyl (C=O) groups is 4. The van der Waals surface area contributed by atoms with Crippen LogP contribution in [0.1, 0.15) is 23.7 Å². The van der Waals surface area contributed by atoms with Crippen LogP contribution in [0.2, 0.25) is 0 Å². The van der Waals surface area contributed by atoms with Gasteiger partial charge in [-0.25, -0.2) is 4.79 Å². The van der Waals surface area contributed by atoms with Crippen LogP contribution in [0.3, 0.4) is 0 Å². The van der Waals surface area contributed by atoms with Crippen LogP contribution in [0.4, 0.5) is 21.9 Å². The second-order valence-electron chi connectivity index (χ2n) is 7.55. The van der Waals surface area contributed by atoms with Crippen molar-refractivity contribution in [2.24, 2.45) is 9.98 Å². The molecule has 36 heavy (non-hydrogen) atoms. The van der Waals surface area contributed by atoms with E-state index in [2.05, 4.69) is 36.5 Å². The van der Waals surface area contributed by atoms with Gasteiger partial charge in [0.15, 0.2) is 0 Å². The summed E-state index contributed by atoms with van der Waals surface area (Å²) in [4.78, 5) is 52.3. The highest BCUT2D eigenvalue weighted by Gasteiger charge is 2.09. The Kier molecular flexibility index (Phi) is 8.63. The molecule has 0 aromatic heterocycles. The number of hydrogen-bond donors (Lipinski definition) is 3. The Morgan fingerprint density at radius 3 is 2.22 bits per heavy atom. The van der Waals surface area contributed by atoms with Crippen molar-refractivity contribution in [1.82, 2.24) is 0 Å². The summed E-state index contributed by atoms with van der Waals surface area (Å²) in [6.07, 6.45) is -0.169. The minimum atomic E-state index is -0.549. The van der Waals surface area contributed by atoms with Crippen molar-refractivity contribution in [1.29, 1.82) is 0 Å². The van der Waals surface area contributed by atoms with Gasteiger partial charge in [0.2, 0.25) is 5.91 Å². The summed E-state index contributed by atoms with van der Waals surface area (Å²) in [5.41, 5.74) is 7.96. The molecule has 0 radical (unpaired) electrons. The largest absolute Gasteiger partial charge is 0.495 e. The van der Waals surface area contributed by atoms with E-state index in [1.807, 2.05) is 12.1 Å². The van der Waals surface area contributed by atoms with Gasteiger partial charge in [-0.1, -0.05) is 15.9 Å². The van der Waals surface area contributed by atoms with Crippen molar-refractivity contribution < 1.29 is 23.9 Å². The number of benzene rings is 3. The fourth-order valence-corrected chi connectivity index (χ4v) is 3.31. The maximum atomic E-state index is 12.0. The van der Waals surface area contributed by atoms with Crippen molar-refractivity contribution in [3.05, 3.63) is 81.4 Å². The highest BCUT2D eigenvalue weighted by molar-refractivity contribution is 9.10. The second kappa shape index (κ2) is 11.8. The van der Waals surface area contributed by atoms with Crippen molar-refractivity contribution in [3.8, 4) is 5.75 Å². The van der Waals surface area contributed by atoms with Gasteiger partial charge in [0.25, 0.3) is 5.91 Å². The number of Topliss-reactive ketones (excluding diaryl/α,β-unsaturated/α-hetero) is 1. The first-order valence-corrected chi connectivity index (χ1v) is 11.3. The first kappa shape index (κ1) is 26.2. The number of amides is 4. The number of nitrogens with zero attached hydrogens (tertiary/aromatic N) is 2. The minimum absolute atomic E-state index is 0.169. The summed E-state index contributed by atoms with van der Waals surface area (Å²) in [7, 11) is 1.53. The molecule has 3 aromatic carbocycles. The van der Waals surface area contributed by atoms with Gasteiger partial charge in [-0.05, 0) is 61.5 Å². The van der Waals surface area contributed by atoms with Gasteiger partial charge in [0, 0.05) is 27.5 Å². The summed E-state index contributed by atoms with van der Waals surface area (Å²) in [5, 5.41) is 6.25. The van der Waals surface area contributed by atoms with Gasteiger partial charge in [0.05, 0.1) is 29.9 Å². The Labute approximate surface area is 214 Å². The maximum Gasteiger partial charge on any atom is 0.368 e. The number of nitrogen functional groups attached to an aromatic ring is 1. The Morgan fingerprint density at radius 1 is 0.917 bits per heavy atom. The average Bonchev–Trinajstić information content (AvgIpc) is 3.20. The van der Waals surface area contributed by atoms with Crippen LogP contribution in [-0.4, -0.2) is 30.7 Å². The lowest BCUT2D eigenvalue weighted by molar-refractivity contribution is -0.124. The lowest BCUT2D eigenvalue weighted by Crippen LogP contribution is -2.23. The number of urea groups is 1. The molecule has 4 rings (SSSR count). The molecule has 4 N–H and O–H groups in total. The maximum absolute atomic E-state index is 12.0. The van der Waals surface area contributed by atoms with Gasteiger partial charge in [0.1, 0.15) is 11.5 Å². The molecule has 0 atom stereocenters. The zero-order valence-electron chi connectivity index (χ0n) is 19.4. The van der Waals surface area contributed by atoms with Crippen LogP contribution >= 0.6 is 15.9 Å². The molecule has 0 saturated carbocycles. The number of rotatable bonds is 6. The van der Waals surface area contributed by atoms with E-state index in [0.29, 0.717) is 39.1 Å². The number of fused-ring (bicyclic) bond motifs is 1. The van der Waals surface area contributed by atoms with Crippen LogP contribution in [0.25, 0.3) is 0 Å². The number of anilines is 3. The molecule has 1 aliphatic rings. The molecule has 4 amide bonds. The summed E-state index contributed by atoms with van der Waals surface area (Å²) in [6, 6.07) is 16.4. The van der Waals surface area contributed by atoms with E-state index in [-0.39, 0.29) is 18.1 Å². The van der Waals surface area contributed by atoms with Gasteiger partial charge >= 0.3 is 6.03 Å². The molecule has 0 fully saturated rings. The number of carbonyl (C=O) groups excluding carboxylic acids is 4. The van der Waals surface area contributed by atoms with Gasteiger partial charge < -0.3 is 21.1 Å². The number of nitrogens with two attached hydrogens (primary N) is 1. The van der Waals surface area contributed by atoms with Gasteiger partial charge in [-0.2, -0.15) is 9.98 Å². The number of hydrogen-bond acceptors (Lipinski definition) is 6. The second-order valence-corrected chi connectivity index (χ2v) is 8.47. The van der Waals surface area contributed by atoms with Crippen molar-refractivity contribution in [2.45, 2.75) is 13.3 Å². The van der Waals surface area contributed by atoms with Crippen LogP contribution in [0.5, 0.6) is 5.75 Å². The quantitative estimate of drug-likeness (QED) is 0.315. The lowest BCUT2D eigenvalue weighted by Gasteiger charge is -2.09. The molecule has 0 bridgehead atoms. The molecule has 1 aliphatic heterocycles. The predicted molar refractivity (Wildman–Crippen MR) is 138 cm³/mol. The third kappa shape index (κ3) is 7.31. The average molecular weight is 552 g/mol. The van der Waals surface area contributed by atoms with Gasteiger partial charge in [-0.3, -0.25) is 14.4 Å². The monoisotopic (exact) mass is 551 g/mol. The van der Waals surface area contributed by atoms with E-state index in [0.717, 1.165) is 4.47 Å². The fourth-order valence-electron chi connectivity index (χ4n) is 3.04. The van der Waals surface area contributed by atoms with E-state index in [4.69, 9.17) is 10.5 Å². The molecule has 0 aliphatic carbocycles. The Balaban J connectivity index is 0.000000202. The molecular weight excluding hydrogens is 530 g/mol. The van der Waals surface area contributed by atoms with E-state index in [1.165, 1.54) is 14.0 Å². The summed E-state index contributed by atoms with van der Waals surface area (Å²) in [6.45, 7) is 1.34. The van der Waals surface area contributed by atoms with Crippen LogP contribution in [-0.2, 0) is 9.59 Å². The van der Waals surface area contributed by atoms with Crippen LogP contribution < -0.4 is 31.8 Å². The van der Waals surface area contributed by atoms with Crippen LogP contribution in [0, 0.1) is 0 Å². The van der Waals surface area contributed by atoms with E-state index in [9.17, 15) is 19.2 Å². The molecule has 0 unspecified atom stereocenters. The van der Waals surface area contributed by atoms with Crippen molar-refractivity contribution in [3.63, 3.8) is 0 Å². The molecule has 11 heteroatoms. The topological polar surface area (TPSA) is 152 Å². The summed E-state index contributed by atoms with van der Waals surface area (Å²) < 4.78 is 6.04. The first-order valence-electron chi connectivity index (χ1n) is 10.6. The smallest absolute Gasteiger partial charge is 0.368 e. The summed E-state index contributed by atoms with van der Waals surface area (Å²) in [5.74, 6) is -0.245.